The smallest absolute Gasteiger partial charge is 0.224 e. The largest absolute Gasteiger partial charge is 0.381 e. The second-order valence-electron chi connectivity index (χ2n) is 5.23. The highest BCUT2D eigenvalue weighted by atomic mass is 16.1. The quantitative estimate of drug-likeness (QED) is 0.907. The van der Waals surface area contributed by atoms with Crippen molar-refractivity contribution >= 4 is 17.3 Å². The maximum Gasteiger partial charge on any atom is 0.224 e. The first-order valence-electron chi connectivity index (χ1n) is 6.88. The molecule has 0 radical (unpaired) electrons. The summed E-state index contributed by atoms with van der Waals surface area (Å²) in [6.07, 6.45) is 3.27. The number of nitriles is 1. The Morgan fingerprint density at radius 2 is 2.24 bits per heavy atom. The number of carbonyl (C=O) groups excluding carboxylic acids is 1. The summed E-state index contributed by atoms with van der Waals surface area (Å²) in [4.78, 5) is 11.3. The Morgan fingerprint density at radius 1 is 1.38 bits per heavy atom. The van der Waals surface area contributed by atoms with Gasteiger partial charge in [0.25, 0.3) is 0 Å². The van der Waals surface area contributed by atoms with Gasteiger partial charge in [-0.2, -0.15) is 5.26 Å². The predicted molar refractivity (Wildman–Crippen MR) is 80.8 cm³/mol. The molecule has 2 N–H and O–H groups in total. The summed E-state index contributed by atoms with van der Waals surface area (Å²) in [5.74, 6) is 0.0801. The Bertz CT molecular complexity index is 739. The lowest BCUT2D eigenvalue weighted by atomic mass is 10.0. The number of anilines is 2. The maximum atomic E-state index is 11.3. The fraction of sp³-hybridized carbons (Fsp3) is 0.250. The molecule has 0 saturated heterocycles. The van der Waals surface area contributed by atoms with Crippen LogP contribution in [0.3, 0.4) is 0 Å². The molecule has 5 heteroatoms. The molecule has 0 atom stereocenters. The van der Waals surface area contributed by atoms with Gasteiger partial charge in [-0.15, -0.1) is 0 Å². The second-order valence-corrected chi connectivity index (χ2v) is 5.23. The van der Waals surface area contributed by atoms with Gasteiger partial charge in [0, 0.05) is 37.6 Å². The van der Waals surface area contributed by atoms with Crippen LogP contribution in [0.2, 0.25) is 0 Å². The van der Waals surface area contributed by atoms with Crippen LogP contribution in [-0.2, 0) is 24.8 Å². The normalized spacial score (nSPS) is 13.2. The number of fused-ring (bicyclic) bond motifs is 1. The van der Waals surface area contributed by atoms with Gasteiger partial charge >= 0.3 is 0 Å². The van der Waals surface area contributed by atoms with Gasteiger partial charge in [-0.25, -0.2) is 0 Å². The average molecular weight is 280 g/mol. The number of hydrogen-bond donors (Lipinski definition) is 2. The molecule has 1 aliphatic heterocycles. The molecule has 0 bridgehead atoms. The molecular formula is C16H16N4O. The number of aromatic nitrogens is 1. The van der Waals surface area contributed by atoms with E-state index in [0.717, 1.165) is 28.9 Å². The van der Waals surface area contributed by atoms with E-state index in [1.807, 2.05) is 36.0 Å². The van der Waals surface area contributed by atoms with Crippen LogP contribution in [0.25, 0.3) is 0 Å². The van der Waals surface area contributed by atoms with E-state index in [-0.39, 0.29) is 5.91 Å². The van der Waals surface area contributed by atoms with Crippen molar-refractivity contribution < 1.29 is 4.79 Å². The number of amides is 1. The summed E-state index contributed by atoms with van der Waals surface area (Å²) in [6.45, 7) is 0.667. The summed E-state index contributed by atoms with van der Waals surface area (Å²) in [5.41, 5.74) is 4.81. The molecule has 0 saturated carbocycles. The molecule has 0 spiro atoms. The summed E-state index contributed by atoms with van der Waals surface area (Å²) in [7, 11) is 1.86. The Labute approximate surface area is 123 Å². The number of nitrogens with zero attached hydrogens (tertiary/aromatic N) is 2. The van der Waals surface area contributed by atoms with Crippen LogP contribution < -0.4 is 10.6 Å². The van der Waals surface area contributed by atoms with Crippen molar-refractivity contribution in [1.29, 1.82) is 5.26 Å². The topological polar surface area (TPSA) is 69.8 Å². The highest BCUT2D eigenvalue weighted by molar-refractivity contribution is 5.94. The Balaban J connectivity index is 1.71. The Kier molecular flexibility index (Phi) is 3.36. The standard InChI is InChI=1S/C16H16N4O/c1-20-10-11(6-14(20)8-17)9-18-13-3-4-15-12(7-13)2-5-16(21)19-15/h3-4,6-7,10,18H,2,5,9H2,1H3,(H,19,21). The van der Waals surface area contributed by atoms with Crippen LogP contribution in [0.5, 0.6) is 0 Å². The van der Waals surface area contributed by atoms with Crippen LogP contribution in [0.1, 0.15) is 23.2 Å². The van der Waals surface area contributed by atoms with Gasteiger partial charge in [-0.05, 0) is 41.8 Å². The Morgan fingerprint density at radius 3 is 3.00 bits per heavy atom. The monoisotopic (exact) mass is 280 g/mol. The number of benzene rings is 1. The first-order valence-corrected chi connectivity index (χ1v) is 6.88. The predicted octanol–water partition coefficient (Wildman–Crippen LogP) is 2.39. The summed E-state index contributed by atoms with van der Waals surface area (Å²) < 4.78 is 1.82. The molecule has 1 aromatic carbocycles. The fourth-order valence-corrected chi connectivity index (χ4v) is 2.54. The zero-order chi connectivity index (χ0) is 14.8. The average Bonchev–Trinajstić information content (AvgIpc) is 2.85. The third-order valence-corrected chi connectivity index (χ3v) is 3.67. The van der Waals surface area contributed by atoms with Gasteiger partial charge in [0.2, 0.25) is 5.91 Å². The first-order chi connectivity index (χ1) is 10.2. The molecule has 5 nitrogen and oxygen atoms in total. The minimum Gasteiger partial charge on any atom is -0.381 e. The molecule has 2 heterocycles. The summed E-state index contributed by atoms with van der Waals surface area (Å²) in [6, 6.07) is 9.99. The van der Waals surface area contributed by atoms with Crippen LogP contribution in [0.4, 0.5) is 11.4 Å². The lowest BCUT2D eigenvalue weighted by Gasteiger charge is -2.18. The first kappa shape index (κ1) is 13.3. The van der Waals surface area contributed by atoms with Crippen molar-refractivity contribution in [3.05, 3.63) is 47.3 Å². The zero-order valence-corrected chi connectivity index (χ0v) is 11.8. The minimum absolute atomic E-state index is 0.0801. The van der Waals surface area contributed by atoms with Gasteiger partial charge in [-0.3, -0.25) is 4.79 Å². The number of aryl methyl sites for hydroxylation is 2. The van der Waals surface area contributed by atoms with E-state index in [1.165, 1.54) is 0 Å². The van der Waals surface area contributed by atoms with Crippen LogP contribution >= 0.6 is 0 Å². The van der Waals surface area contributed by atoms with Gasteiger partial charge < -0.3 is 15.2 Å². The maximum absolute atomic E-state index is 11.3. The van der Waals surface area contributed by atoms with E-state index in [0.29, 0.717) is 18.7 Å². The van der Waals surface area contributed by atoms with E-state index >= 15 is 0 Å². The van der Waals surface area contributed by atoms with Crippen molar-refractivity contribution in [1.82, 2.24) is 4.57 Å². The lowest BCUT2D eigenvalue weighted by Crippen LogP contribution is -2.18. The van der Waals surface area contributed by atoms with Crippen molar-refractivity contribution in [2.45, 2.75) is 19.4 Å². The van der Waals surface area contributed by atoms with E-state index in [4.69, 9.17) is 5.26 Å². The molecule has 3 rings (SSSR count). The lowest BCUT2D eigenvalue weighted by molar-refractivity contribution is -0.116. The molecule has 0 unspecified atom stereocenters. The second kappa shape index (κ2) is 5.33. The van der Waals surface area contributed by atoms with Gasteiger partial charge in [0.05, 0.1) is 0 Å². The van der Waals surface area contributed by atoms with Crippen molar-refractivity contribution in [3.8, 4) is 6.07 Å². The van der Waals surface area contributed by atoms with Crippen molar-refractivity contribution in [3.63, 3.8) is 0 Å². The molecule has 1 amide bonds. The highest BCUT2D eigenvalue weighted by Gasteiger charge is 2.14. The third kappa shape index (κ3) is 2.75. The molecule has 1 aromatic heterocycles. The third-order valence-electron chi connectivity index (χ3n) is 3.67. The fourth-order valence-electron chi connectivity index (χ4n) is 2.54. The summed E-state index contributed by atoms with van der Waals surface area (Å²) in [5, 5.41) is 15.2. The number of rotatable bonds is 3. The van der Waals surface area contributed by atoms with Gasteiger partial charge in [0.1, 0.15) is 11.8 Å². The molecule has 2 aromatic rings. The molecule has 106 valence electrons. The Hall–Kier alpha value is -2.74. The van der Waals surface area contributed by atoms with Crippen LogP contribution in [-0.4, -0.2) is 10.5 Å². The SMILES string of the molecule is Cn1cc(CNc2ccc3c(c2)CCC(=O)N3)cc1C#N. The highest BCUT2D eigenvalue weighted by Crippen LogP contribution is 2.25. The van der Waals surface area contributed by atoms with E-state index < -0.39 is 0 Å². The molecule has 0 fully saturated rings. The zero-order valence-electron chi connectivity index (χ0n) is 11.8. The number of nitrogens with one attached hydrogen (secondary N) is 2. The minimum atomic E-state index is 0.0801. The van der Waals surface area contributed by atoms with Gasteiger partial charge in [0.15, 0.2) is 0 Å². The van der Waals surface area contributed by atoms with Crippen molar-refractivity contribution in [2.24, 2.45) is 7.05 Å². The molecule has 0 aliphatic carbocycles. The number of hydrogen-bond acceptors (Lipinski definition) is 3. The van der Waals surface area contributed by atoms with Crippen LogP contribution in [0, 0.1) is 11.3 Å². The van der Waals surface area contributed by atoms with Gasteiger partial charge in [-0.1, -0.05) is 0 Å². The molecule has 1 aliphatic rings. The number of carbonyl (C=O) groups is 1. The van der Waals surface area contributed by atoms with E-state index in [9.17, 15) is 4.79 Å². The summed E-state index contributed by atoms with van der Waals surface area (Å²) >= 11 is 0. The van der Waals surface area contributed by atoms with E-state index in [1.54, 1.807) is 0 Å². The van der Waals surface area contributed by atoms with E-state index in [2.05, 4.69) is 22.8 Å². The molecular weight excluding hydrogens is 264 g/mol. The molecule has 21 heavy (non-hydrogen) atoms. The van der Waals surface area contributed by atoms with Crippen LogP contribution in [0.15, 0.2) is 30.5 Å². The van der Waals surface area contributed by atoms with Crippen molar-refractivity contribution in [2.75, 3.05) is 10.6 Å².